The molecule has 0 amide bonds. The average molecular weight is 226 g/mol. The van der Waals surface area contributed by atoms with Gasteiger partial charge in [0.2, 0.25) is 0 Å². The summed E-state index contributed by atoms with van der Waals surface area (Å²) >= 11 is 5.78. The summed E-state index contributed by atoms with van der Waals surface area (Å²) in [5.41, 5.74) is 1.64. The van der Waals surface area contributed by atoms with Crippen LogP contribution in [0.3, 0.4) is 0 Å². The van der Waals surface area contributed by atoms with Crippen LogP contribution in [-0.2, 0) is 0 Å². The molecular weight excluding hydrogens is 214 g/mol. The molecule has 0 aromatic heterocycles. The Balaban J connectivity index is 2.96. The smallest absolute Gasteiger partial charge is 0.337 e. The van der Waals surface area contributed by atoms with Gasteiger partial charge in [0.15, 0.2) is 0 Å². The van der Waals surface area contributed by atoms with Crippen LogP contribution >= 0.6 is 11.6 Å². The molecule has 1 aromatic rings. The van der Waals surface area contributed by atoms with E-state index in [0.29, 0.717) is 17.3 Å². The summed E-state index contributed by atoms with van der Waals surface area (Å²) in [6.07, 6.45) is 0. The Hall–Kier alpha value is -1.48. The minimum atomic E-state index is -0.976. The van der Waals surface area contributed by atoms with Crippen molar-refractivity contribution >= 4 is 23.3 Å². The standard InChI is InChI=1S/C11H12ClNO2/c1-7(2)6-13-10-5-8(12)3-4-9(10)11(14)15/h3-5,13H,1,6H2,2H3,(H,14,15). The van der Waals surface area contributed by atoms with Gasteiger partial charge in [0.25, 0.3) is 0 Å². The molecule has 3 nitrogen and oxygen atoms in total. The Morgan fingerprint density at radius 3 is 2.80 bits per heavy atom. The van der Waals surface area contributed by atoms with Crippen LogP contribution in [-0.4, -0.2) is 17.6 Å². The van der Waals surface area contributed by atoms with Crippen LogP contribution in [0.5, 0.6) is 0 Å². The molecule has 0 unspecified atom stereocenters. The van der Waals surface area contributed by atoms with Crippen molar-refractivity contribution in [2.75, 3.05) is 11.9 Å². The first-order chi connectivity index (χ1) is 7.00. The second-order valence-corrected chi connectivity index (χ2v) is 3.74. The van der Waals surface area contributed by atoms with Gasteiger partial charge in [0.1, 0.15) is 0 Å². The number of rotatable bonds is 4. The highest BCUT2D eigenvalue weighted by atomic mass is 35.5. The molecule has 15 heavy (non-hydrogen) atoms. The molecule has 1 aromatic carbocycles. The number of carboxylic acid groups (broad SMARTS) is 1. The van der Waals surface area contributed by atoms with E-state index in [1.165, 1.54) is 6.07 Å². The number of carboxylic acids is 1. The Bertz CT molecular complexity index is 402. The van der Waals surface area contributed by atoms with Crippen molar-refractivity contribution in [1.29, 1.82) is 0 Å². The zero-order valence-electron chi connectivity index (χ0n) is 8.38. The molecule has 2 N–H and O–H groups in total. The third kappa shape index (κ3) is 3.29. The van der Waals surface area contributed by atoms with Crippen molar-refractivity contribution in [2.45, 2.75) is 6.92 Å². The maximum atomic E-state index is 10.9. The molecule has 0 saturated carbocycles. The van der Waals surface area contributed by atoms with Crippen LogP contribution in [0.4, 0.5) is 5.69 Å². The van der Waals surface area contributed by atoms with Crippen LogP contribution in [0.25, 0.3) is 0 Å². The molecule has 0 aliphatic heterocycles. The summed E-state index contributed by atoms with van der Waals surface area (Å²) in [6.45, 7) is 6.11. The van der Waals surface area contributed by atoms with Crippen LogP contribution in [0.15, 0.2) is 30.4 Å². The number of anilines is 1. The maximum Gasteiger partial charge on any atom is 0.337 e. The highest BCUT2D eigenvalue weighted by molar-refractivity contribution is 6.31. The highest BCUT2D eigenvalue weighted by Gasteiger charge is 2.09. The van der Waals surface area contributed by atoms with E-state index in [0.717, 1.165) is 5.57 Å². The van der Waals surface area contributed by atoms with E-state index in [1.807, 2.05) is 6.92 Å². The number of benzene rings is 1. The Labute approximate surface area is 93.4 Å². The van der Waals surface area contributed by atoms with Gasteiger partial charge in [-0.05, 0) is 25.1 Å². The first-order valence-electron chi connectivity index (χ1n) is 4.42. The van der Waals surface area contributed by atoms with Crippen molar-refractivity contribution in [3.63, 3.8) is 0 Å². The fourth-order valence-corrected chi connectivity index (χ4v) is 1.27. The average Bonchev–Trinajstić information content (AvgIpc) is 2.14. The first-order valence-corrected chi connectivity index (χ1v) is 4.79. The van der Waals surface area contributed by atoms with E-state index in [2.05, 4.69) is 11.9 Å². The summed E-state index contributed by atoms with van der Waals surface area (Å²) in [6, 6.07) is 4.62. The largest absolute Gasteiger partial charge is 0.478 e. The van der Waals surface area contributed by atoms with E-state index in [1.54, 1.807) is 12.1 Å². The van der Waals surface area contributed by atoms with E-state index in [9.17, 15) is 4.79 Å². The molecular formula is C11H12ClNO2. The predicted octanol–water partition coefficient (Wildman–Crippen LogP) is 3.03. The summed E-state index contributed by atoms with van der Waals surface area (Å²) in [5.74, 6) is -0.976. The Kier molecular flexibility index (Phi) is 3.74. The van der Waals surface area contributed by atoms with Crippen molar-refractivity contribution < 1.29 is 9.90 Å². The molecule has 0 saturated heterocycles. The van der Waals surface area contributed by atoms with Gasteiger partial charge < -0.3 is 10.4 Å². The monoisotopic (exact) mass is 225 g/mol. The van der Waals surface area contributed by atoms with Gasteiger partial charge in [-0.2, -0.15) is 0 Å². The van der Waals surface area contributed by atoms with Crippen molar-refractivity contribution in [2.24, 2.45) is 0 Å². The first kappa shape index (κ1) is 11.6. The van der Waals surface area contributed by atoms with Gasteiger partial charge in [0, 0.05) is 11.6 Å². The Morgan fingerprint density at radius 1 is 1.60 bits per heavy atom. The lowest BCUT2D eigenvalue weighted by atomic mass is 10.1. The van der Waals surface area contributed by atoms with Crippen molar-refractivity contribution in [3.8, 4) is 0 Å². The SMILES string of the molecule is C=C(C)CNc1cc(Cl)ccc1C(=O)O. The van der Waals surface area contributed by atoms with Gasteiger partial charge in [-0.15, -0.1) is 0 Å². The number of hydrogen-bond acceptors (Lipinski definition) is 2. The molecule has 0 spiro atoms. The van der Waals surface area contributed by atoms with Gasteiger partial charge in [0.05, 0.1) is 11.3 Å². The van der Waals surface area contributed by atoms with Gasteiger partial charge in [-0.25, -0.2) is 4.79 Å². The quantitative estimate of drug-likeness (QED) is 0.775. The number of hydrogen-bond donors (Lipinski definition) is 2. The maximum absolute atomic E-state index is 10.9. The second kappa shape index (κ2) is 4.84. The zero-order chi connectivity index (χ0) is 11.4. The van der Waals surface area contributed by atoms with E-state index in [4.69, 9.17) is 16.7 Å². The van der Waals surface area contributed by atoms with Crippen LogP contribution < -0.4 is 5.32 Å². The van der Waals surface area contributed by atoms with E-state index in [-0.39, 0.29) is 5.56 Å². The third-order valence-electron chi connectivity index (χ3n) is 1.79. The fourth-order valence-electron chi connectivity index (χ4n) is 1.10. The van der Waals surface area contributed by atoms with E-state index < -0.39 is 5.97 Å². The van der Waals surface area contributed by atoms with Gasteiger partial charge in [-0.3, -0.25) is 0 Å². The molecule has 0 aliphatic carbocycles. The molecule has 0 heterocycles. The molecule has 0 atom stereocenters. The predicted molar refractivity (Wildman–Crippen MR) is 61.7 cm³/mol. The van der Waals surface area contributed by atoms with Crippen molar-refractivity contribution in [3.05, 3.63) is 40.9 Å². The molecule has 0 radical (unpaired) electrons. The van der Waals surface area contributed by atoms with Crippen LogP contribution in [0, 0.1) is 0 Å². The lowest BCUT2D eigenvalue weighted by Gasteiger charge is -2.09. The topological polar surface area (TPSA) is 49.3 Å². The summed E-state index contributed by atoms with van der Waals surface area (Å²) in [5, 5.41) is 12.4. The number of aromatic carboxylic acids is 1. The molecule has 0 aliphatic rings. The third-order valence-corrected chi connectivity index (χ3v) is 2.03. The summed E-state index contributed by atoms with van der Waals surface area (Å²) in [4.78, 5) is 10.9. The lowest BCUT2D eigenvalue weighted by Crippen LogP contribution is -2.07. The van der Waals surface area contributed by atoms with Crippen molar-refractivity contribution in [1.82, 2.24) is 0 Å². The van der Waals surface area contributed by atoms with Gasteiger partial charge in [-0.1, -0.05) is 23.8 Å². The minimum Gasteiger partial charge on any atom is -0.478 e. The normalized spacial score (nSPS) is 9.73. The van der Waals surface area contributed by atoms with Gasteiger partial charge >= 0.3 is 5.97 Å². The van der Waals surface area contributed by atoms with Crippen LogP contribution in [0.1, 0.15) is 17.3 Å². The van der Waals surface area contributed by atoms with E-state index >= 15 is 0 Å². The van der Waals surface area contributed by atoms with Crippen LogP contribution in [0.2, 0.25) is 5.02 Å². The second-order valence-electron chi connectivity index (χ2n) is 3.31. The number of halogens is 1. The number of carbonyl (C=O) groups is 1. The fraction of sp³-hybridized carbons (Fsp3) is 0.182. The lowest BCUT2D eigenvalue weighted by molar-refractivity contribution is 0.0698. The minimum absolute atomic E-state index is 0.209. The highest BCUT2D eigenvalue weighted by Crippen LogP contribution is 2.21. The number of nitrogens with one attached hydrogen (secondary N) is 1. The summed E-state index contributed by atoms with van der Waals surface area (Å²) in [7, 11) is 0. The molecule has 1 rings (SSSR count). The Morgan fingerprint density at radius 2 is 2.27 bits per heavy atom. The molecule has 4 heteroatoms. The summed E-state index contributed by atoms with van der Waals surface area (Å²) < 4.78 is 0. The molecule has 0 bridgehead atoms. The zero-order valence-corrected chi connectivity index (χ0v) is 9.14. The molecule has 0 fully saturated rings. The molecule has 80 valence electrons.